The van der Waals surface area contributed by atoms with Crippen LogP contribution in [0.3, 0.4) is 0 Å². The number of carbonyl (C=O) groups is 1. The molecular formula is C12H17FN2O. The zero-order chi connectivity index (χ0) is 12.0. The van der Waals surface area contributed by atoms with Crippen LogP contribution in [-0.2, 0) is 4.79 Å². The van der Waals surface area contributed by atoms with Gasteiger partial charge >= 0.3 is 0 Å². The molecule has 0 aliphatic carbocycles. The van der Waals surface area contributed by atoms with Gasteiger partial charge in [0.1, 0.15) is 5.82 Å². The van der Waals surface area contributed by atoms with Crippen LogP contribution >= 0.6 is 0 Å². The quantitative estimate of drug-likeness (QED) is 0.752. The van der Waals surface area contributed by atoms with Gasteiger partial charge in [-0.05, 0) is 43.7 Å². The SMILES string of the molecule is CCCNCC(=O)Nc1ccc(F)c(C)c1. The summed E-state index contributed by atoms with van der Waals surface area (Å²) in [6.07, 6.45) is 0.989. The molecule has 1 rings (SSSR count). The second-order valence-electron chi connectivity index (χ2n) is 3.69. The Labute approximate surface area is 95.0 Å². The maximum absolute atomic E-state index is 13.0. The second kappa shape index (κ2) is 6.23. The summed E-state index contributed by atoms with van der Waals surface area (Å²) in [5.41, 5.74) is 1.15. The van der Waals surface area contributed by atoms with Crippen molar-refractivity contribution in [2.24, 2.45) is 0 Å². The smallest absolute Gasteiger partial charge is 0.238 e. The molecule has 0 heterocycles. The number of halogens is 1. The van der Waals surface area contributed by atoms with Crippen LogP contribution in [0.5, 0.6) is 0 Å². The van der Waals surface area contributed by atoms with Crippen LogP contribution in [0.1, 0.15) is 18.9 Å². The first-order chi connectivity index (χ1) is 7.63. The van der Waals surface area contributed by atoms with Gasteiger partial charge in [-0.15, -0.1) is 0 Å². The lowest BCUT2D eigenvalue weighted by Crippen LogP contribution is -2.28. The third kappa shape index (κ3) is 3.98. The van der Waals surface area contributed by atoms with Gasteiger partial charge in [-0.25, -0.2) is 4.39 Å². The number of aryl methyl sites for hydroxylation is 1. The van der Waals surface area contributed by atoms with E-state index in [1.165, 1.54) is 6.07 Å². The number of anilines is 1. The molecular weight excluding hydrogens is 207 g/mol. The van der Waals surface area contributed by atoms with Crippen molar-refractivity contribution < 1.29 is 9.18 Å². The first-order valence-corrected chi connectivity index (χ1v) is 5.40. The molecule has 1 aromatic rings. The highest BCUT2D eigenvalue weighted by molar-refractivity contribution is 5.92. The molecule has 3 nitrogen and oxygen atoms in total. The molecule has 88 valence electrons. The lowest BCUT2D eigenvalue weighted by molar-refractivity contribution is -0.115. The Morgan fingerprint density at radius 2 is 2.19 bits per heavy atom. The number of hydrogen-bond acceptors (Lipinski definition) is 2. The third-order valence-electron chi connectivity index (χ3n) is 2.15. The molecule has 0 spiro atoms. The summed E-state index contributed by atoms with van der Waals surface area (Å²) in [5.74, 6) is -0.374. The third-order valence-corrected chi connectivity index (χ3v) is 2.15. The first kappa shape index (κ1) is 12.6. The van der Waals surface area contributed by atoms with Gasteiger partial charge in [0.05, 0.1) is 6.54 Å². The van der Waals surface area contributed by atoms with Crippen LogP contribution in [-0.4, -0.2) is 19.0 Å². The van der Waals surface area contributed by atoms with Crippen LogP contribution in [0.15, 0.2) is 18.2 Å². The van der Waals surface area contributed by atoms with Crippen molar-refractivity contribution >= 4 is 11.6 Å². The molecule has 0 unspecified atom stereocenters. The maximum atomic E-state index is 13.0. The normalized spacial score (nSPS) is 10.2. The summed E-state index contributed by atoms with van der Waals surface area (Å²) in [4.78, 5) is 11.4. The van der Waals surface area contributed by atoms with E-state index in [1.54, 1.807) is 19.1 Å². The zero-order valence-corrected chi connectivity index (χ0v) is 9.64. The van der Waals surface area contributed by atoms with Gasteiger partial charge in [0.25, 0.3) is 0 Å². The van der Waals surface area contributed by atoms with Crippen LogP contribution in [0.2, 0.25) is 0 Å². The molecule has 1 aromatic carbocycles. The largest absolute Gasteiger partial charge is 0.325 e. The number of nitrogens with one attached hydrogen (secondary N) is 2. The number of benzene rings is 1. The van der Waals surface area contributed by atoms with Gasteiger partial charge in [0.2, 0.25) is 5.91 Å². The van der Waals surface area contributed by atoms with Gasteiger partial charge in [0, 0.05) is 5.69 Å². The molecule has 0 radical (unpaired) electrons. The van der Waals surface area contributed by atoms with Gasteiger partial charge in [0.15, 0.2) is 0 Å². The minimum atomic E-state index is -0.262. The average molecular weight is 224 g/mol. The Balaban J connectivity index is 2.46. The fraction of sp³-hybridized carbons (Fsp3) is 0.417. The summed E-state index contributed by atoms with van der Waals surface area (Å²) < 4.78 is 13.0. The molecule has 0 aliphatic heterocycles. The number of carbonyl (C=O) groups excluding carboxylic acids is 1. The van der Waals surface area contributed by atoms with Crippen LogP contribution < -0.4 is 10.6 Å². The molecule has 16 heavy (non-hydrogen) atoms. The molecule has 0 saturated carbocycles. The van der Waals surface area contributed by atoms with Crippen molar-refractivity contribution in [1.29, 1.82) is 0 Å². The molecule has 0 atom stereocenters. The Kier molecular flexibility index (Phi) is 4.92. The van der Waals surface area contributed by atoms with E-state index in [0.29, 0.717) is 11.3 Å². The summed E-state index contributed by atoms with van der Waals surface area (Å²) in [5, 5.41) is 5.70. The Morgan fingerprint density at radius 3 is 2.81 bits per heavy atom. The van der Waals surface area contributed by atoms with Crippen molar-refractivity contribution in [3.05, 3.63) is 29.6 Å². The lowest BCUT2D eigenvalue weighted by atomic mass is 10.2. The highest BCUT2D eigenvalue weighted by atomic mass is 19.1. The molecule has 0 bridgehead atoms. The number of amides is 1. The Bertz CT molecular complexity index is 366. The molecule has 0 fully saturated rings. The Hall–Kier alpha value is -1.42. The molecule has 1 amide bonds. The predicted molar refractivity (Wildman–Crippen MR) is 62.9 cm³/mol. The minimum absolute atomic E-state index is 0.112. The topological polar surface area (TPSA) is 41.1 Å². The van der Waals surface area contributed by atoms with E-state index in [1.807, 2.05) is 6.92 Å². The monoisotopic (exact) mass is 224 g/mol. The summed E-state index contributed by atoms with van der Waals surface area (Å²) >= 11 is 0. The fourth-order valence-electron chi connectivity index (χ4n) is 1.31. The van der Waals surface area contributed by atoms with Crippen LogP contribution in [0.4, 0.5) is 10.1 Å². The molecule has 0 aliphatic rings. The predicted octanol–water partition coefficient (Wildman–Crippen LogP) is 2.07. The molecule has 2 N–H and O–H groups in total. The van der Waals surface area contributed by atoms with Crippen molar-refractivity contribution in [2.45, 2.75) is 20.3 Å². The fourth-order valence-corrected chi connectivity index (χ4v) is 1.31. The van der Waals surface area contributed by atoms with Gasteiger partial charge in [-0.3, -0.25) is 4.79 Å². The van der Waals surface area contributed by atoms with Crippen molar-refractivity contribution in [1.82, 2.24) is 5.32 Å². The average Bonchev–Trinajstić information content (AvgIpc) is 2.24. The molecule has 4 heteroatoms. The van der Waals surface area contributed by atoms with Crippen molar-refractivity contribution in [3.63, 3.8) is 0 Å². The van der Waals surface area contributed by atoms with Gasteiger partial charge < -0.3 is 10.6 Å². The number of rotatable bonds is 5. The first-order valence-electron chi connectivity index (χ1n) is 5.40. The van der Waals surface area contributed by atoms with Crippen molar-refractivity contribution in [3.8, 4) is 0 Å². The van der Waals surface area contributed by atoms with E-state index in [2.05, 4.69) is 10.6 Å². The van der Waals surface area contributed by atoms with Gasteiger partial charge in [-0.2, -0.15) is 0 Å². The summed E-state index contributed by atoms with van der Waals surface area (Å²) in [6.45, 7) is 4.80. The summed E-state index contributed by atoms with van der Waals surface area (Å²) in [6, 6.07) is 4.53. The minimum Gasteiger partial charge on any atom is -0.325 e. The highest BCUT2D eigenvalue weighted by Crippen LogP contribution is 2.13. The van der Waals surface area contributed by atoms with E-state index in [4.69, 9.17) is 0 Å². The van der Waals surface area contributed by atoms with Crippen LogP contribution in [0, 0.1) is 12.7 Å². The zero-order valence-electron chi connectivity index (χ0n) is 9.64. The van der Waals surface area contributed by atoms with Crippen molar-refractivity contribution in [2.75, 3.05) is 18.4 Å². The van der Waals surface area contributed by atoms with E-state index in [-0.39, 0.29) is 18.3 Å². The maximum Gasteiger partial charge on any atom is 0.238 e. The Morgan fingerprint density at radius 1 is 1.44 bits per heavy atom. The van der Waals surface area contributed by atoms with E-state index in [0.717, 1.165) is 13.0 Å². The number of hydrogen-bond donors (Lipinski definition) is 2. The molecule has 0 saturated heterocycles. The molecule has 0 aromatic heterocycles. The second-order valence-corrected chi connectivity index (χ2v) is 3.69. The van der Waals surface area contributed by atoms with E-state index < -0.39 is 0 Å². The van der Waals surface area contributed by atoms with E-state index >= 15 is 0 Å². The standard InChI is InChI=1S/C12H17FN2O/c1-3-6-14-8-12(16)15-10-4-5-11(13)9(2)7-10/h4-5,7,14H,3,6,8H2,1-2H3,(H,15,16). The lowest BCUT2D eigenvalue weighted by Gasteiger charge is -2.07. The highest BCUT2D eigenvalue weighted by Gasteiger charge is 2.03. The van der Waals surface area contributed by atoms with E-state index in [9.17, 15) is 9.18 Å². The van der Waals surface area contributed by atoms with Gasteiger partial charge in [-0.1, -0.05) is 6.92 Å². The summed E-state index contributed by atoms with van der Waals surface area (Å²) in [7, 11) is 0. The van der Waals surface area contributed by atoms with Crippen LogP contribution in [0.25, 0.3) is 0 Å².